The van der Waals surface area contributed by atoms with Gasteiger partial charge in [-0.1, -0.05) is 0 Å². The zero-order valence-corrected chi connectivity index (χ0v) is 10.8. The van der Waals surface area contributed by atoms with E-state index in [2.05, 4.69) is 0 Å². The molecule has 116 valence electrons. The number of aliphatic carboxylic acids is 1. The first-order valence-corrected chi connectivity index (χ1v) is 5.48. The topological polar surface area (TPSA) is 66.4 Å². The van der Waals surface area contributed by atoms with E-state index in [1.807, 2.05) is 0 Å². The summed E-state index contributed by atoms with van der Waals surface area (Å²) < 4.78 is 64.6. The molecule has 0 aliphatic heterocycles. The monoisotopic (exact) mass is 311 g/mol. The van der Waals surface area contributed by atoms with Gasteiger partial charge in [0.1, 0.15) is 11.6 Å². The maximum atomic E-state index is 13.4. The number of nitrogens with one attached hydrogen (secondary N) is 1. The largest absolute Gasteiger partial charge is 0.479 e. The van der Waals surface area contributed by atoms with Crippen LogP contribution in [0.25, 0.3) is 0 Å². The van der Waals surface area contributed by atoms with Gasteiger partial charge in [-0.2, -0.15) is 13.2 Å². The van der Waals surface area contributed by atoms with Gasteiger partial charge in [-0.05, 0) is 25.5 Å². The van der Waals surface area contributed by atoms with Crippen molar-refractivity contribution < 1.29 is 36.6 Å². The van der Waals surface area contributed by atoms with Gasteiger partial charge in [0, 0.05) is 6.07 Å². The molecule has 0 aliphatic rings. The molecular formula is C12H10F5NO3. The number of amides is 1. The lowest BCUT2D eigenvalue weighted by molar-refractivity contribution is -0.203. The lowest BCUT2D eigenvalue weighted by Crippen LogP contribution is -2.62. The fourth-order valence-electron chi connectivity index (χ4n) is 1.37. The Morgan fingerprint density at radius 1 is 1.14 bits per heavy atom. The Morgan fingerprint density at radius 3 is 2.10 bits per heavy atom. The first kappa shape index (κ1) is 16.9. The highest BCUT2D eigenvalue weighted by molar-refractivity contribution is 5.98. The Balaban J connectivity index is 3.21. The summed E-state index contributed by atoms with van der Waals surface area (Å²) in [4.78, 5) is 22.4. The summed E-state index contributed by atoms with van der Waals surface area (Å²) in [6, 6.07) is 1.02. The van der Waals surface area contributed by atoms with Crippen LogP contribution in [0, 0.1) is 18.6 Å². The molecule has 1 unspecified atom stereocenters. The quantitative estimate of drug-likeness (QED) is 0.843. The summed E-state index contributed by atoms with van der Waals surface area (Å²) in [5.41, 5.74) is -4.66. The van der Waals surface area contributed by atoms with E-state index in [9.17, 15) is 31.5 Å². The zero-order valence-electron chi connectivity index (χ0n) is 10.8. The number of hydrogen-bond donors (Lipinski definition) is 2. The number of carbonyl (C=O) groups excluding carboxylic acids is 1. The van der Waals surface area contributed by atoms with Gasteiger partial charge >= 0.3 is 12.1 Å². The number of carbonyl (C=O) groups is 2. The standard InChI is InChI=1S/C12H10F5NO3/c1-5-3-6(8(14)4-7(5)13)9(19)18-11(2,10(20)21)12(15,16)17/h3-4H,1-2H3,(H,18,19)(H,20,21). The van der Waals surface area contributed by atoms with Crippen molar-refractivity contribution in [3.05, 3.63) is 34.9 Å². The van der Waals surface area contributed by atoms with Crippen LogP contribution in [0.15, 0.2) is 12.1 Å². The molecule has 0 aromatic heterocycles. The van der Waals surface area contributed by atoms with Gasteiger partial charge in [-0.15, -0.1) is 0 Å². The molecule has 0 bridgehead atoms. The van der Waals surface area contributed by atoms with E-state index in [0.717, 1.165) is 0 Å². The van der Waals surface area contributed by atoms with E-state index in [0.29, 0.717) is 12.1 Å². The molecule has 1 aromatic rings. The number of carboxylic acids is 1. The Bertz CT molecular complexity index is 599. The Labute approximate surface area is 115 Å². The highest BCUT2D eigenvalue weighted by atomic mass is 19.4. The van der Waals surface area contributed by atoms with Crippen LogP contribution in [0.4, 0.5) is 22.0 Å². The minimum absolute atomic E-state index is 0.175. The van der Waals surface area contributed by atoms with Crippen LogP contribution in [0.2, 0.25) is 0 Å². The van der Waals surface area contributed by atoms with Crippen LogP contribution in [-0.2, 0) is 4.79 Å². The van der Waals surface area contributed by atoms with Crippen molar-refractivity contribution in [1.82, 2.24) is 5.32 Å². The summed E-state index contributed by atoms with van der Waals surface area (Å²) in [5.74, 6) is -6.35. The number of benzene rings is 1. The third-order valence-electron chi connectivity index (χ3n) is 2.85. The number of alkyl halides is 3. The molecule has 1 rings (SSSR count). The van der Waals surface area contributed by atoms with Crippen molar-refractivity contribution in [2.24, 2.45) is 0 Å². The van der Waals surface area contributed by atoms with Gasteiger partial charge < -0.3 is 10.4 Å². The first-order valence-electron chi connectivity index (χ1n) is 5.48. The Morgan fingerprint density at radius 2 is 1.67 bits per heavy atom. The van der Waals surface area contributed by atoms with Gasteiger partial charge in [0.2, 0.25) is 5.54 Å². The Hall–Kier alpha value is -2.19. The lowest BCUT2D eigenvalue weighted by Gasteiger charge is -2.28. The minimum atomic E-state index is -5.31. The van der Waals surface area contributed by atoms with Gasteiger partial charge in [-0.3, -0.25) is 4.79 Å². The molecule has 1 atom stereocenters. The summed E-state index contributed by atoms with van der Waals surface area (Å²) in [5, 5.41) is 9.85. The lowest BCUT2D eigenvalue weighted by atomic mass is 10.0. The third kappa shape index (κ3) is 3.11. The average molecular weight is 311 g/mol. The molecule has 4 nitrogen and oxygen atoms in total. The van der Waals surface area contributed by atoms with Gasteiger partial charge in [0.05, 0.1) is 5.56 Å². The normalized spacial score (nSPS) is 14.4. The molecule has 0 spiro atoms. The van der Waals surface area contributed by atoms with Crippen LogP contribution in [-0.4, -0.2) is 28.7 Å². The van der Waals surface area contributed by atoms with Gasteiger partial charge in [-0.25, -0.2) is 13.6 Å². The van der Waals surface area contributed by atoms with E-state index in [1.54, 1.807) is 0 Å². The van der Waals surface area contributed by atoms with Gasteiger partial charge in [0.15, 0.2) is 0 Å². The molecule has 0 saturated carbocycles. The second-order valence-electron chi connectivity index (χ2n) is 4.46. The fourth-order valence-corrected chi connectivity index (χ4v) is 1.37. The average Bonchev–Trinajstić information content (AvgIpc) is 2.31. The number of aryl methyl sites for hydroxylation is 1. The summed E-state index contributed by atoms with van der Waals surface area (Å²) in [7, 11) is 0. The van der Waals surface area contributed by atoms with Crippen molar-refractivity contribution in [3.8, 4) is 0 Å². The molecule has 0 saturated heterocycles. The van der Waals surface area contributed by atoms with Crippen LogP contribution in [0.3, 0.4) is 0 Å². The van der Waals surface area contributed by atoms with Crippen LogP contribution in [0.5, 0.6) is 0 Å². The molecular weight excluding hydrogens is 301 g/mol. The summed E-state index contributed by atoms with van der Waals surface area (Å²) in [6.07, 6.45) is -5.31. The maximum Gasteiger partial charge on any atom is 0.422 e. The third-order valence-corrected chi connectivity index (χ3v) is 2.85. The van der Waals surface area contributed by atoms with Crippen molar-refractivity contribution >= 4 is 11.9 Å². The van der Waals surface area contributed by atoms with Crippen molar-refractivity contribution in [2.45, 2.75) is 25.6 Å². The van der Waals surface area contributed by atoms with E-state index < -0.39 is 40.8 Å². The van der Waals surface area contributed by atoms with E-state index in [1.165, 1.54) is 12.2 Å². The number of hydrogen-bond acceptors (Lipinski definition) is 2. The Kier molecular flexibility index (Phi) is 4.26. The van der Waals surface area contributed by atoms with Crippen molar-refractivity contribution in [2.75, 3.05) is 0 Å². The van der Waals surface area contributed by atoms with E-state index in [4.69, 9.17) is 5.11 Å². The smallest absolute Gasteiger partial charge is 0.422 e. The molecule has 2 N–H and O–H groups in total. The number of rotatable bonds is 3. The first-order chi connectivity index (χ1) is 9.40. The molecule has 0 fully saturated rings. The van der Waals surface area contributed by atoms with Crippen LogP contribution in [0.1, 0.15) is 22.8 Å². The van der Waals surface area contributed by atoms with Crippen molar-refractivity contribution in [1.29, 1.82) is 0 Å². The SMILES string of the molecule is Cc1cc(C(=O)NC(C)(C(=O)O)C(F)(F)F)c(F)cc1F. The molecule has 1 aromatic carbocycles. The minimum Gasteiger partial charge on any atom is -0.479 e. The number of carboxylic acid groups (broad SMARTS) is 1. The molecule has 0 radical (unpaired) electrons. The number of halogens is 5. The molecule has 21 heavy (non-hydrogen) atoms. The maximum absolute atomic E-state index is 13.4. The summed E-state index contributed by atoms with van der Waals surface area (Å²) in [6.45, 7) is 1.40. The van der Waals surface area contributed by atoms with E-state index in [-0.39, 0.29) is 12.5 Å². The predicted octanol–water partition coefficient (Wildman–Crippen LogP) is 2.41. The second-order valence-corrected chi connectivity index (χ2v) is 4.46. The van der Waals surface area contributed by atoms with Crippen molar-refractivity contribution in [3.63, 3.8) is 0 Å². The fraction of sp³-hybridized carbons (Fsp3) is 0.333. The molecule has 1 amide bonds. The van der Waals surface area contributed by atoms with E-state index >= 15 is 0 Å². The highest BCUT2D eigenvalue weighted by Crippen LogP contribution is 2.31. The van der Waals surface area contributed by atoms with Crippen LogP contribution >= 0.6 is 0 Å². The molecule has 9 heteroatoms. The molecule has 0 aliphatic carbocycles. The van der Waals surface area contributed by atoms with Crippen LogP contribution < -0.4 is 5.32 Å². The zero-order chi connectivity index (χ0) is 16.6. The molecule has 0 heterocycles. The van der Waals surface area contributed by atoms with Gasteiger partial charge in [0.25, 0.3) is 5.91 Å². The summed E-state index contributed by atoms with van der Waals surface area (Å²) >= 11 is 0. The second kappa shape index (κ2) is 5.30. The predicted molar refractivity (Wildman–Crippen MR) is 60.7 cm³/mol. The highest BCUT2D eigenvalue weighted by Gasteiger charge is 2.58.